The van der Waals surface area contributed by atoms with Gasteiger partial charge in [0, 0.05) is 37.4 Å². The summed E-state index contributed by atoms with van der Waals surface area (Å²) in [4.78, 5) is 30.8. The zero-order valence-electron chi connectivity index (χ0n) is 15.5. The lowest BCUT2D eigenvalue weighted by molar-refractivity contribution is -0.126. The SMILES string of the molecule is Cc1ccc(C(=O)N2CCC(C(=O)NCCc3ccccc3F)CC2)cn1. The molecule has 1 aromatic carbocycles. The van der Waals surface area contributed by atoms with Gasteiger partial charge in [-0.1, -0.05) is 18.2 Å². The number of pyridine rings is 1. The van der Waals surface area contributed by atoms with Crippen LogP contribution in [0.4, 0.5) is 4.39 Å². The molecule has 5 nitrogen and oxygen atoms in total. The molecule has 1 aliphatic rings. The van der Waals surface area contributed by atoms with Crippen molar-refractivity contribution < 1.29 is 14.0 Å². The fourth-order valence-corrected chi connectivity index (χ4v) is 3.29. The Labute approximate surface area is 158 Å². The van der Waals surface area contributed by atoms with Gasteiger partial charge in [0.2, 0.25) is 5.91 Å². The molecule has 0 unspecified atom stereocenters. The minimum Gasteiger partial charge on any atom is -0.356 e. The van der Waals surface area contributed by atoms with Gasteiger partial charge in [-0.05, 0) is 49.9 Å². The van der Waals surface area contributed by atoms with Crippen LogP contribution in [0.15, 0.2) is 42.6 Å². The Bertz CT molecular complexity index is 799. The van der Waals surface area contributed by atoms with Gasteiger partial charge in [-0.15, -0.1) is 0 Å². The molecule has 1 fully saturated rings. The standard InChI is InChI=1S/C21H24FN3O2/c1-15-6-7-18(14-24-15)21(27)25-12-9-17(10-13-25)20(26)23-11-8-16-4-2-3-5-19(16)22/h2-7,14,17H,8-13H2,1H3,(H,23,26). The Morgan fingerprint density at radius 3 is 2.59 bits per heavy atom. The van der Waals surface area contributed by atoms with E-state index in [1.807, 2.05) is 13.0 Å². The third-order valence-electron chi connectivity index (χ3n) is 4.96. The van der Waals surface area contributed by atoms with Crippen LogP contribution in [0.2, 0.25) is 0 Å². The number of aryl methyl sites for hydroxylation is 1. The molecular formula is C21H24FN3O2. The summed E-state index contributed by atoms with van der Waals surface area (Å²) in [6, 6.07) is 10.2. The van der Waals surface area contributed by atoms with E-state index in [1.54, 1.807) is 35.4 Å². The lowest BCUT2D eigenvalue weighted by atomic mass is 9.95. The lowest BCUT2D eigenvalue weighted by Gasteiger charge is -2.31. The Morgan fingerprint density at radius 2 is 1.93 bits per heavy atom. The third-order valence-corrected chi connectivity index (χ3v) is 4.96. The van der Waals surface area contributed by atoms with Crippen LogP contribution in [0.5, 0.6) is 0 Å². The maximum Gasteiger partial charge on any atom is 0.255 e. The quantitative estimate of drug-likeness (QED) is 0.882. The van der Waals surface area contributed by atoms with Crippen LogP contribution in [0, 0.1) is 18.7 Å². The van der Waals surface area contributed by atoms with Crippen molar-refractivity contribution in [3.63, 3.8) is 0 Å². The van der Waals surface area contributed by atoms with Crippen molar-refractivity contribution in [3.05, 3.63) is 65.2 Å². The van der Waals surface area contributed by atoms with Crippen LogP contribution < -0.4 is 5.32 Å². The molecule has 1 aromatic heterocycles. The second kappa shape index (κ2) is 8.75. The number of amides is 2. The molecule has 2 heterocycles. The fraction of sp³-hybridized carbons (Fsp3) is 0.381. The molecule has 0 bridgehead atoms. The van der Waals surface area contributed by atoms with Crippen LogP contribution in [0.3, 0.4) is 0 Å². The topological polar surface area (TPSA) is 62.3 Å². The molecule has 1 saturated heterocycles. The number of carbonyl (C=O) groups excluding carboxylic acids is 2. The van der Waals surface area contributed by atoms with E-state index in [2.05, 4.69) is 10.3 Å². The summed E-state index contributed by atoms with van der Waals surface area (Å²) in [5.41, 5.74) is 2.05. The molecule has 2 amide bonds. The van der Waals surface area contributed by atoms with Crippen molar-refractivity contribution in [2.45, 2.75) is 26.2 Å². The van der Waals surface area contributed by atoms with Gasteiger partial charge in [-0.2, -0.15) is 0 Å². The molecule has 142 valence electrons. The smallest absolute Gasteiger partial charge is 0.255 e. The van der Waals surface area contributed by atoms with E-state index in [1.165, 1.54) is 6.07 Å². The van der Waals surface area contributed by atoms with E-state index < -0.39 is 0 Å². The molecule has 27 heavy (non-hydrogen) atoms. The number of likely N-dealkylation sites (tertiary alicyclic amines) is 1. The molecule has 2 aromatic rings. The van der Waals surface area contributed by atoms with E-state index in [0.29, 0.717) is 50.0 Å². The second-order valence-corrected chi connectivity index (χ2v) is 6.89. The average molecular weight is 369 g/mol. The number of carbonyl (C=O) groups is 2. The van der Waals surface area contributed by atoms with Gasteiger partial charge in [0.25, 0.3) is 5.91 Å². The number of aromatic nitrogens is 1. The van der Waals surface area contributed by atoms with Crippen LogP contribution in [0.1, 0.15) is 34.5 Å². The van der Waals surface area contributed by atoms with Crippen LogP contribution >= 0.6 is 0 Å². The Hall–Kier alpha value is -2.76. The maximum absolute atomic E-state index is 13.6. The van der Waals surface area contributed by atoms with E-state index >= 15 is 0 Å². The number of hydrogen-bond acceptors (Lipinski definition) is 3. The van der Waals surface area contributed by atoms with Gasteiger partial charge in [0.05, 0.1) is 5.56 Å². The predicted molar refractivity (Wildman–Crippen MR) is 101 cm³/mol. The van der Waals surface area contributed by atoms with Crippen molar-refractivity contribution in [1.29, 1.82) is 0 Å². The van der Waals surface area contributed by atoms with E-state index in [9.17, 15) is 14.0 Å². The van der Waals surface area contributed by atoms with Gasteiger partial charge in [0.15, 0.2) is 0 Å². The van der Waals surface area contributed by atoms with E-state index in [-0.39, 0.29) is 23.5 Å². The zero-order chi connectivity index (χ0) is 19.2. The predicted octanol–water partition coefficient (Wildman–Crippen LogP) is 2.74. The van der Waals surface area contributed by atoms with Crippen molar-refractivity contribution >= 4 is 11.8 Å². The third kappa shape index (κ3) is 4.90. The Morgan fingerprint density at radius 1 is 1.19 bits per heavy atom. The second-order valence-electron chi connectivity index (χ2n) is 6.89. The highest BCUT2D eigenvalue weighted by atomic mass is 19.1. The molecular weight excluding hydrogens is 345 g/mol. The highest BCUT2D eigenvalue weighted by molar-refractivity contribution is 5.94. The first-order valence-corrected chi connectivity index (χ1v) is 9.27. The maximum atomic E-state index is 13.6. The molecule has 0 saturated carbocycles. The Balaban J connectivity index is 1.44. The number of rotatable bonds is 5. The monoisotopic (exact) mass is 369 g/mol. The van der Waals surface area contributed by atoms with Gasteiger partial charge in [0.1, 0.15) is 5.82 Å². The molecule has 3 rings (SSSR count). The van der Waals surface area contributed by atoms with Gasteiger partial charge < -0.3 is 10.2 Å². The van der Waals surface area contributed by atoms with Crippen molar-refractivity contribution in [2.75, 3.05) is 19.6 Å². The van der Waals surface area contributed by atoms with Crippen LogP contribution in [-0.4, -0.2) is 41.3 Å². The summed E-state index contributed by atoms with van der Waals surface area (Å²) < 4.78 is 13.6. The number of hydrogen-bond donors (Lipinski definition) is 1. The molecule has 0 atom stereocenters. The summed E-state index contributed by atoms with van der Waals surface area (Å²) >= 11 is 0. The van der Waals surface area contributed by atoms with Gasteiger partial charge >= 0.3 is 0 Å². The summed E-state index contributed by atoms with van der Waals surface area (Å²) in [6.45, 7) is 3.40. The lowest BCUT2D eigenvalue weighted by Crippen LogP contribution is -2.43. The minimum atomic E-state index is -0.246. The summed E-state index contributed by atoms with van der Waals surface area (Å²) in [6.07, 6.45) is 3.34. The van der Waals surface area contributed by atoms with Crippen LogP contribution in [0.25, 0.3) is 0 Å². The highest BCUT2D eigenvalue weighted by Crippen LogP contribution is 2.19. The molecule has 1 aliphatic heterocycles. The average Bonchev–Trinajstić information content (AvgIpc) is 2.69. The van der Waals surface area contributed by atoms with Gasteiger partial charge in [-0.25, -0.2) is 4.39 Å². The zero-order valence-corrected chi connectivity index (χ0v) is 15.5. The normalized spacial score (nSPS) is 14.8. The van der Waals surface area contributed by atoms with Crippen molar-refractivity contribution in [1.82, 2.24) is 15.2 Å². The number of benzene rings is 1. The summed E-state index contributed by atoms with van der Waals surface area (Å²) in [5, 5.41) is 2.89. The van der Waals surface area contributed by atoms with Crippen molar-refractivity contribution in [2.24, 2.45) is 5.92 Å². The summed E-state index contributed by atoms with van der Waals surface area (Å²) in [7, 11) is 0. The van der Waals surface area contributed by atoms with E-state index in [4.69, 9.17) is 0 Å². The van der Waals surface area contributed by atoms with Crippen LogP contribution in [-0.2, 0) is 11.2 Å². The molecule has 0 radical (unpaired) electrons. The molecule has 1 N–H and O–H groups in total. The largest absolute Gasteiger partial charge is 0.356 e. The molecule has 6 heteroatoms. The highest BCUT2D eigenvalue weighted by Gasteiger charge is 2.27. The number of piperidine rings is 1. The molecule has 0 spiro atoms. The first kappa shape index (κ1) is 19.0. The first-order chi connectivity index (χ1) is 13.0. The van der Waals surface area contributed by atoms with E-state index in [0.717, 1.165) is 5.69 Å². The Kier molecular flexibility index (Phi) is 6.16. The first-order valence-electron chi connectivity index (χ1n) is 9.27. The van der Waals surface area contributed by atoms with Crippen molar-refractivity contribution in [3.8, 4) is 0 Å². The molecule has 0 aliphatic carbocycles. The minimum absolute atomic E-state index is 0.0181. The summed E-state index contributed by atoms with van der Waals surface area (Å²) in [5.74, 6) is -0.411. The van der Waals surface area contributed by atoms with Gasteiger partial charge in [-0.3, -0.25) is 14.6 Å². The fourth-order valence-electron chi connectivity index (χ4n) is 3.29. The number of nitrogens with one attached hydrogen (secondary N) is 1. The number of nitrogens with zero attached hydrogens (tertiary/aromatic N) is 2. The number of halogens is 1.